The fourth-order valence-corrected chi connectivity index (χ4v) is 3.44. The SMILES string of the molecule is CCc1ccc(-c2ccc(N(C=O)[C@@H](CCOC(=O)Nc3cccc(F)c3)C(=O)O)cc2)cc1. The summed E-state index contributed by atoms with van der Waals surface area (Å²) in [6, 6.07) is 19.1. The van der Waals surface area contributed by atoms with Gasteiger partial charge in [-0.2, -0.15) is 0 Å². The number of anilines is 2. The maximum Gasteiger partial charge on any atom is 0.411 e. The predicted molar refractivity (Wildman–Crippen MR) is 127 cm³/mol. The summed E-state index contributed by atoms with van der Waals surface area (Å²) in [5.41, 5.74) is 3.78. The lowest BCUT2D eigenvalue weighted by molar-refractivity contribution is -0.139. The molecule has 34 heavy (non-hydrogen) atoms. The number of nitrogens with one attached hydrogen (secondary N) is 1. The molecule has 7 nitrogen and oxygen atoms in total. The second kappa shape index (κ2) is 11.6. The van der Waals surface area contributed by atoms with Gasteiger partial charge in [0.1, 0.15) is 11.9 Å². The zero-order chi connectivity index (χ0) is 24.5. The van der Waals surface area contributed by atoms with Crippen molar-refractivity contribution in [3.63, 3.8) is 0 Å². The van der Waals surface area contributed by atoms with Gasteiger partial charge in [-0.1, -0.05) is 49.4 Å². The molecule has 0 spiro atoms. The molecule has 0 heterocycles. The molecular weight excluding hydrogens is 439 g/mol. The summed E-state index contributed by atoms with van der Waals surface area (Å²) in [5, 5.41) is 12.0. The Morgan fingerprint density at radius 3 is 2.26 bits per heavy atom. The maximum atomic E-state index is 13.2. The summed E-state index contributed by atoms with van der Waals surface area (Å²) < 4.78 is 18.2. The minimum Gasteiger partial charge on any atom is -0.480 e. The third-order valence-electron chi connectivity index (χ3n) is 5.29. The minimum atomic E-state index is -1.24. The smallest absolute Gasteiger partial charge is 0.411 e. The van der Waals surface area contributed by atoms with Gasteiger partial charge in [0, 0.05) is 17.8 Å². The monoisotopic (exact) mass is 464 g/mol. The van der Waals surface area contributed by atoms with Gasteiger partial charge >= 0.3 is 12.1 Å². The van der Waals surface area contributed by atoms with Crippen molar-refractivity contribution >= 4 is 29.8 Å². The third-order valence-corrected chi connectivity index (χ3v) is 5.29. The zero-order valence-electron chi connectivity index (χ0n) is 18.6. The Morgan fingerprint density at radius 1 is 1.06 bits per heavy atom. The number of benzene rings is 3. The largest absolute Gasteiger partial charge is 0.480 e. The minimum absolute atomic E-state index is 0.134. The van der Waals surface area contributed by atoms with Gasteiger partial charge in [0.05, 0.1) is 6.61 Å². The number of ether oxygens (including phenoxy) is 1. The number of rotatable bonds is 10. The number of halogens is 1. The molecule has 0 fully saturated rings. The fourth-order valence-electron chi connectivity index (χ4n) is 3.44. The van der Waals surface area contributed by atoms with Crippen LogP contribution in [0.1, 0.15) is 18.9 Å². The van der Waals surface area contributed by atoms with E-state index in [1.165, 1.54) is 23.8 Å². The van der Waals surface area contributed by atoms with Crippen LogP contribution in [0.3, 0.4) is 0 Å². The van der Waals surface area contributed by atoms with E-state index < -0.39 is 23.9 Å². The van der Waals surface area contributed by atoms with Crippen molar-refractivity contribution in [2.24, 2.45) is 0 Å². The number of amides is 2. The number of carbonyl (C=O) groups is 3. The molecule has 8 heteroatoms. The van der Waals surface area contributed by atoms with Crippen LogP contribution in [-0.4, -0.2) is 36.2 Å². The van der Waals surface area contributed by atoms with Gasteiger partial charge in [0.25, 0.3) is 0 Å². The second-order valence-corrected chi connectivity index (χ2v) is 7.52. The second-order valence-electron chi connectivity index (χ2n) is 7.52. The highest BCUT2D eigenvalue weighted by atomic mass is 19.1. The lowest BCUT2D eigenvalue weighted by Gasteiger charge is -2.25. The van der Waals surface area contributed by atoms with Crippen LogP contribution in [0.4, 0.5) is 20.6 Å². The first-order chi connectivity index (χ1) is 16.4. The summed E-state index contributed by atoms with van der Waals surface area (Å²) >= 11 is 0. The molecule has 0 aliphatic carbocycles. The van der Waals surface area contributed by atoms with Crippen LogP contribution in [0.2, 0.25) is 0 Å². The summed E-state index contributed by atoms with van der Waals surface area (Å²) in [6.45, 7) is 1.82. The highest BCUT2D eigenvalue weighted by Gasteiger charge is 2.26. The molecule has 3 aromatic carbocycles. The average molecular weight is 464 g/mol. The highest BCUT2D eigenvalue weighted by Crippen LogP contribution is 2.25. The lowest BCUT2D eigenvalue weighted by atomic mass is 10.0. The van der Waals surface area contributed by atoms with E-state index in [9.17, 15) is 23.9 Å². The Bertz CT molecular complexity index is 1130. The number of aryl methyl sites for hydroxylation is 1. The molecule has 1 atom stereocenters. The average Bonchev–Trinajstić information content (AvgIpc) is 2.84. The zero-order valence-corrected chi connectivity index (χ0v) is 18.6. The molecule has 0 aromatic heterocycles. The predicted octanol–water partition coefficient (Wildman–Crippen LogP) is 5.11. The molecule has 0 aliphatic heterocycles. The molecule has 2 N–H and O–H groups in total. The van der Waals surface area contributed by atoms with E-state index in [1.54, 1.807) is 12.1 Å². The Balaban J connectivity index is 1.63. The summed E-state index contributed by atoms with van der Waals surface area (Å²) in [5.74, 6) is -1.75. The summed E-state index contributed by atoms with van der Waals surface area (Å²) in [4.78, 5) is 36.6. The molecule has 2 amide bonds. The number of aliphatic carboxylic acids is 1. The fraction of sp³-hybridized carbons (Fsp3) is 0.192. The Hall–Kier alpha value is -4.20. The molecule has 0 unspecified atom stereocenters. The van der Waals surface area contributed by atoms with Gasteiger partial charge in [-0.05, 0) is 53.4 Å². The van der Waals surface area contributed by atoms with Crippen LogP contribution in [-0.2, 0) is 20.7 Å². The lowest BCUT2D eigenvalue weighted by Crippen LogP contribution is -2.41. The van der Waals surface area contributed by atoms with E-state index in [-0.39, 0.29) is 18.7 Å². The van der Waals surface area contributed by atoms with E-state index in [1.807, 2.05) is 36.4 Å². The van der Waals surface area contributed by atoms with Crippen molar-refractivity contribution in [1.82, 2.24) is 0 Å². The van der Waals surface area contributed by atoms with Crippen molar-refractivity contribution in [2.75, 3.05) is 16.8 Å². The van der Waals surface area contributed by atoms with Crippen molar-refractivity contribution in [1.29, 1.82) is 0 Å². The number of hydrogen-bond donors (Lipinski definition) is 2. The third kappa shape index (κ3) is 6.41. The van der Waals surface area contributed by atoms with Gasteiger partial charge in [-0.3, -0.25) is 10.1 Å². The van der Waals surface area contributed by atoms with Crippen molar-refractivity contribution < 1.29 is 28.6 Å². The van der Waals surface area contributed by atoms with E-state index in [4.69, 9.17) is 4.74 Å². The van der Waals surface area contributed by atoms with Gasteiger partial charge in [-0.15, -0.1) is 0 Å². The van der Waals surface area contributed by atoms with Crippen molar-refractivity contribution in [2.45, 2.75) is 25.8 Å². The van der Waals surface area contributed by atoms with E-state index in [2.05, 4.69) is 12.2 Å². The maximum absolute atomic E-state index is 13.2. The van der Waals surface area contributed by atoms with Crippen LogP contribution in [0.25, 0.3) is 11.1 Å². The molecular formula is C26H25FN2O5. The molecule has 176 valence electrons. The van der Waals surface area contributed by atoms with E-state index >= 15 is 0 Å². The van der Waals surface area contributed by atoms with E-state index in [0.29, 0.717) is 12.1 Å². The van der Waals surface area contributed by atoms with Gasteiger partial charge < -0.3 is 14.7 Å². The standard InChI is InChI=1S/C26H25FN2O5/c1-2-18-6-8-19(9-7-18)20-10-12-23(13-11-20)29(17-30)24(25(31)32)14-15-34-26(33)28-22-5-3-4-21(27)16-22/h3-13,16-17,24H,2,14-15H2,1H3,(H,28,33)(H,31,32)/t24-/m0/s1. The van der Waals surface area contributed by atoms with Crippen molar-refractivity contribution in [3.8, 4) is 11.1 Å². The van der Waals surface area contributed by atoms with Gasteiger partial charge in [0.15, 0.2) is 0 Å². The first-order valence-corrected chi connectivity index (χ1v) is 10.8. The molecule has 3 aromatic rings. The van der Waals surface area contributed by atoms with Crippen LogP contribution in [0, 0.1) is 5.82 Å². The normalized spacial score (nSPS) is 11.4. The summed E-state index contributed by atoms with van der Waals surface area (Å²) in [6.07, 6.45) is 0.396. The number of carboxylic acids is 1. The molecule has 3 rings (SSSR count). The first kappa shape index (κ1) is 24.4. The highest BCUT2D eigenvalue weighted by molar-refractivity contribution is 5.88. The van der Waals surface area contributed by atoms with E-state index in [0.717, 1.165) is 28.5 Å². The van der Waals surface area contributed by atoms with Crippen LogP contribution in [0.15, 0.2) is 72.8 Å². The molecule has 0 aliphatic rings. The number of carboxylic acid groups (broad SMARTS) is 1. The summed E-state index contributed by atoms with van der Waals surface area (Å²) in [7, 11) is 0. The van der Waals surface area contributed by atoms with Crippen LogP contribution < -0.4 is 10.2 Å². The van der Waals surface area contributed by atoms with Gasteiger partial charge in [0.2, 0.25) is 6.41 Å². The number of nitrogens with zero attached hydrogens (tertiary/aromatic N) is 1. The van der Waals surface area contributed by atoms with Gasteiger partial charge in [-0.25, -0.2) is 14.0 Å². The molecule has 0 saturated carbocycles. The molecule has 0 bridgehead atoms. The van der Waals surface area contributed by atoms with Crippen LogP contribution in [0.5, 0.6) is 0 Å². The Labute approximate surface area is 196 Å². The topological polar surface area (TPSA) is 95.9 Å². The molecule has 0 radical (unpaired) electrons. The quantitative estimate of drug-likeness (QED) is 0.407. The Kier molecular flexibility index (Phi) is 8.34. The number of hydrogen-bond acceptors (Lipinski definition) is 4. The Morgan fingerprint density at radius 2 is 1.71 bits per heavy atom. The van der Waals surface area contributed by atoms with Crippen LogP contribution >= 0.6 is 0 Å². The number of carbonyl (C=O) groups excluding carboxylic acids is 2. The first-order valence-electron chi connectivity index (χ1n) is 10.8. The molecule has 0 saturated heterocycles. The van der Waals surface area contributed by atoms with Crippen molar-refractivity contribution in [3.05, 3.63) is 84.2 Å².